The number of hydrogen-bond donors (Lipinski definition) is 3. The lowest BCUT2D eigenvalue weighted by Crippen LogP contribution is -1.91. The summed E-state index contributed by atoms with van der Waals surface area (Å²) >= 11 is 0. The number of anilines is 1. The molecule has 0 saturated heterocycles. The standard InChI is InChI=1S/C7H8N2O/c8-4-5-2-1-3-6(10)7(5)9/h1-4,8,10H,9H2. The maximum absolute atomic E-state index is 9.00. The van der Waals surface area contributed by atoms with Crippen molar-refractivity contribution in [3.05, 3.63) is 23.8 Å². The van der Waals surface area contributed by atoms with Gasteiger partial charge in [-0.3, -0.25) is 0 Å². The molecule has 0 heterocycles. The zero-order chi connectivity index (χ0) is 7.56. The number of phenolic OH excluding ortho intramolecular Hbond substituents is 1. The lowest BCUT2D eigenvalue weighted by atomic mass is 10.2. The van der Waals surface area contributed by atoms with Crippen molar-refractivity contribution < 1.29 is 5.11 Å². The van der Waals surface area contributed by atoms with Gasteiger partial charge in [0.15, 0.2) is 0 Å². The molecule has 0 radical (unpaired) electrons. The highest BCUT2D eigenvalue weighted by molar-refractivity contribution is 5.86. The van der Waals surface area contributed by atoms with E-state index in [2.05, 4.69) is 0 Å². The highest BCUT2D eigenvalue weighted by Gasteiger charge is 1.98. The van der Waals surface area contributed by atoms with Crippen LogP contribution in [0.2, 0.25) is 0 Å². The number of phenols is 1. The Kier molecular flexibility index (Phi) is 1.58. The molecule has 0 aliphatic rings. The monoisotopic (exact) mass is 136 g/mol. The third-order valence-corrected chi connectivity index (χ3v) is 1.27. The van der Waals surface area contributed by atoms with Gasteiger partial charge >= 0.3 is 0 Å². The van der Waals surface area contributed by atoms with Gasteiger partial charge in [0, 0.05) is 11.8 Å². The van der Waals surface area contributed by atoms with E-state index < -0.39 is 0 Å². The zero-order valence-corrected chi connectivity index (χ0v) is 5.33. The van der Waals surface area contributed by atoms with Gasteiger partial charge in [-0.15, -0.1) is 0 Å². The van der Waals surface area contributed by atoms with Gasteiger partial charge in [0.25, 0.3) is 0 Å². The van der Waals surface area contributed by atoms with Crippen LogP contribution in [0.25, 0.3) is 0 Å². The molecule has 1 rings (SSSR count). The van der Waals surface area contributed by atoms with Crippen molar-refractivity contribution in [1.82, 2.24) is 0 Å². The Morgan fingerprint density at radius 2 is 2.20 bits per heavy atom. The zero-order valence-electron chi connectivity index (χ0n) is 5.33. The van der Waals surface area contributed by atoms with E-state index in [9.17, 15) is 0 Å². The molecule has 1 aromatic carbocycles. The van der Waals surface area contributed by atoms with E-state index in [1.165, 1.54) is 6.07 Å². The van der Waals surface area contributed by atoms with Crippen LogP contribution in [0.3, 0.4) is 0 Å². The molecule has 0 bridgehead atoms. The molecule has 10 heavy (non-hydrogen) atoms. The summed E-state index contributed by atoms with van der Waals surface area (Å²) in [6.07, 6.45) is 1.11. The molecule has 52 valence electrons. The molecule has 0 atom stereocenters. The molecule has 0 aliphatic carbocycles. The van der Waals surface area contributed by atoms with E-state index in [4.69, 9.17) is 16.2 Å². The van der Waals surface area contributed by atoms with Crippen molar-refractivity contribution in [1.29, 1.82) is 5.41 Å². The molecule has 3 nitrogen and oxygen atoms in total. The largest absolute Gasteiger partial charge is 0.506 e. The first kappa shape index (κ1) is 6.61. The van der Waals surface area contributed by atoms with Crippen LogP contribution in [0.1, 0.15) is 5.56 Å². The molecule has 4 N–H and O–H groups in total. The van der Waals surface area contributed by atoms with Crippen LogP contribution >= 0.6 is 0 Å². The average molecular weight is 136 g/mol. The highest BCUT2D eigenvalue weighted by atomic mass is 16.3. The fourth-order valence-corrected chi connectivity index (χ4v) is 0.696. The second-order valence-corrected chi connectivity index (χ2v) is 1.92. The van der Waals surface area contributed by atoms with Crippen molar-refractivity contribution in [2.45, 2.75) is 0 Å². The van der Waals surface area contributed by atoms with Crippen LogP contribution in [-0.4, -0.2) is 11.3 Å². The highest BCUT2D eigenvalue weighted by Crippen LogP contribution is 2.21. The maximum atomic E-state index is 9.00. The predicted molar refractivity (Wildman–Crippen MR) is 40.4 cm³/mol. The smallest absolute Gasteiger partial charge is 0.139 e. The first-order chi connectivity index (χ1) is 4.75. The van der Waals surface area contributed by atoms with Gasteiger partial charge in [-0.1, -0.05) is 12.1 Å². The summed E-state index contributed by atoms with van der Waals surface area (Å²) in [6.45, 7) is 0. The van der Waals surface area contributed by atoms with E-state index in [1.54, 1.807) is 12.1 Å². The SMILES string of the molecule is N=Cc1cccc(O)c1N. The van der Waals surface area contributed by atoms with Gasteiger partial charge in [-0.2, -0.15) is 0 Å². The van der Waals surface area contributed by atoms with E-state index in [0.717, 1.165) is 6.21 Å². The van der Waals surface area contributed by atoms with Gasteiger partial charge in [-0.25, -0.2) is 0 Å². The average Bonchev–Trinajstić information content (AvgIpc) is 1.95. The van der Waals surface area contributed by atoms with E-state index in [-0.39, 0.29) is 11.4 Å². The predicted octanol–water partition coefficient (Wildman–Crippen LogP) is 0.972. The molecular weight excluding hydrogens is 128 g/mol. The molecule has 0 aliphatic heterocycles. The van der Waals surface area contributed by atoms with Gasteiger partial charge in [0.1, 0.15) is 5.75 Å². The summed E-state index contributed by atoms with van der Waals surface area (Å²) < 4.78 is 0. The first-order valence-corrected chi connectivity index (χ1v) is 2.83. The Morgan fingerprint density at radius 3 is 2.70 bits per heavy atom. The van der Waals surface area contributed by atoms with Gasteiger partial charge < -0.3 is 16.2 Å². The van der Waals surface area contributed by atoms with E-state index in [1.807, 2.05) is 0 Å². The number of aromatic hydroxyl groups is 1. The number of nitrogen functional groups attached to an aromatic ring is 1. The third-order valence-electron chi connectivity index (χ3n) is 1.27. The van der Waals surface area contributed by atoms with Gasteiger partial charge in [-0.05, 0) is 6.07 Å². The minimum atomic E-state index is 0.0287. The normalized spacial score (nSPS) is 9.20. The second-order valence-electron chi connectivity index (χ2n) is 1.92. The van der Waals surface area contributed by atoms with Crippen molar-refractivity contribution in [3.63, 3.8) is 0 Å². The number of rotatable bonds is 1. The summed E-state index contributed by atoms with van der Waals surface area (Å²) in [6, 6.07) is 4.80. The molecule has 1 aromatic rings. The van der Waals surface area contributed by atoms with Crippen LogP contribution in [-0.2, 0) is 0 Å². The molecule has 0 unspecified atom stereocenters. The quantitative estimate of drug-likeness (QED) is 0.306. The van der Waals surface area contributed by atoms with Crippen LogP contribution < -0.4 is 5.73 Å². The summed E-state index contributed by atoms with van der Waals surface area (Å²) in [5.74, 6) is 0.0287. The Labute approximate surface area is 58.6 Å². The molecule has 0 amide bonds. The Balaban J connectivity index is 3.27. The number of nitrogens with one attached hydrogen (secondary N) is 1. The summed E-state index contributed by atoms with van der Waals surface area (Å²) in [4.78, 5) is 0. The number of para-hydroxylation sites is 1. The summed E-state index contributed by atoms with van der Waals surface area (Å²) in [5.41, 5.74) is 6.20. The molecule has 0 fully saturated rings. The molecule has 0 spiro atoms. The fraction of sp³-hybridized carbons (Fsp3) is 0. The summed E-state index contributed by atoms with van der Waals surface area (Å²) in [7, 11) is 0. The molecule has 0 saturated carbocycles. The van der Waals surface area contributed by atoms with Crippen LogP contribution in [0.15, 0.2) is 18.2 Å². The Hall–Kier alpha value is -1.51. The van der Waals surface area contributed by atoms with Crippen LogP contribution in [0.5, 0.6) is 5.75 Å². The Morgan fingerprint density at radius 1 is 1.50 bits per heavy atom. The van der Waals surface area contributed by atoms with E-state index >= 15 is 0 Å². The van der Waals surface area contributed by atoms with Crippen molar-refractivity contribution in [2.24, 2.45) is 0 Å². The fourth-order valence-electron chi connectivity index (χ4n) is 0.696. The van der Waals surface area contributed by atoms with Crippen molar-refractivity contribution in [2.75, 3.05) is 5.73 Å². The van der Waals surface area contributed by atoms with Crippen LogP contribution in [0.4, 0.5) is 5.69 Å². The van der Waals surface area contributed by atoms with E-state index in [0.29, 0.717) is 5.56 Å². The van der Waals surface area contributed by atoms with Crippen LogP contribution in [0, 0.1) is 5.41 Å². The van der Waals surface area contributed by atoms with Crippen molar-refractivity contribution in [3.8, 4) is 5.75 Å². The molecule has 0 aromatic heterocycles. The number of nitrogens with two attached hydrogens (primary N) is 1. The lowest BCUT2D eigenvalue weighted by molar-refractivity contribution is 0.478. The molecular formula is C7H8N2O. The second kappa shape index (κ2) is 2.39. The van der Waals surface area contributed by atoms with Gasteiger partial charge in [0.05, 0.1) is 5.69 Å². The minimum absolute atomic E-state index is 0.0287. The minimum Gasteiger partial charge on any atom is -0.506 e. The van der Waals surface area contributed by atoms with Crippen molar-refractivity contribution >= 4 is 11.9 Å². The lowest BCUT2D eigenvalue weighted by Gasteiger charge is -1.99. The summed E-state index contributed by atoms with van der Waals surface area (Å²) in [5, 5.41) is 15.9. The first-order valence-electron chi connectivity index (χ1n) is 2.83. The van der Waals surface area contributed by atoms with Gasteiger partial charge in [0.2, 0.25) is 0 Å². The molecule has 3 heteroatoms. The number of hydrogen-bond acceptors (Lipinski definition) is 3. The Bertz CT molecular complexity index is 258. The number of benzene rings is 1. The maximum Gasteiger partial charge on any atom is 0.139 e. The topological polar surface area (TPSA) is 70.1 Å². The third kappa shape index (κ3) is 0.932.